The lowest BCUT2D eigenvalue weighted by Gasteiger charge is -2.25. The number of ketones is 1. The molecule has 1 atom stereocenters. The summed E-state index contributed by atoms with van der Waals surface area (Å²) in [7, 11) is 0. The molecule has 0 spiro atoms. The molecule has 30 heavy (non-hydrogen) atoms. The van der Waals surface area contributed by atoms with Crippen LogP contribution in [-0.4, -0.2) is 16.8 Å². The zero-order chi connectivity index (χ0) is 21.4. The van der Waals surface area contributed by atoms with Crippen molar-refractivity contribution in [2.45, 2.75) is 6.04 Å². The number of hydrogen-bond donors (Lipinski definition) is 1. The SMILES string of the molecule is O=C1C(=O)N(c2ccc(Br)cc2)[C@H](c2ccc(F)cc2)/C1=C(\O)c1ccc(Br)cc1. The largest absolute Gasteiger partial charge is 0.507 e. The smallest absolute Gasteiger partial charge is 0.300 e. The van der Waals surface area contributed by atoms with Gasteiger partial charge in [0, 0.05) is 20.2 Å². The molecule has 1 aliphatic rings. The average molecular weight is 531 g/mol. The van der Waals surface area contributed by atoms with Crippen LogP contribution in [0.25, 0.3) is 5.76 Å². The Morgan fingerprint density at radius 2 is 1.37 bits per heavy atom. The Bertz CT molecular complexity index is 1160. The first-order valence-corrected chi connectivity index (χ1v) is 10.5. The standard InChI is InChI=1S/C23H14Br2FNO3/c24-15-5-1-14(2-6-15)21(28)19-20(13-3-9-17(26)10-4-13)27(23(30)22(19)29)18-11-7-16(25)8-12-18/h1-12,20,28H/b21-19+/t20-/m1/s1. The summed E-state index contributed by atoms with van der Waals surface area (Å²) in [5.74, 6) is -2.28. The van der Waals surface area contributed by atoms with Crippen molar-refractivity contribution in [1.29, 1.82) is 0 Å². The monoisotopic (exact) mass is 529 g/mol. The number of nitrogens with zero attached hydrogens (tertiary/aromatic N) is 1. The van der Waals surface area contributed by atoms with E-state index in [1.165, 1.54) is 29.2 Å². The fourth-order valence-corrected chi connectivity index (χ4v) is 3.95. The van der Waals surface area contributed by atoms with E-state index in [0.29, 0.717) is 16.8 Å². The Morgan fingerprint density at radius 1 is 0.833 bits per heavy atom. The molecule has 0 saturated carbocycles. The quantitative estimate of drug-likeness (QED) is 0.257. The van der Waals surface area contributed by atoms with Crippen LogP contribution in [0.1, 0.15) is 17.2 Å². The van der Waals surface area contributed by atoms with E-state index in [-0.39, 0.29) is 11.3 Å². The van der Waals surface area contributed by atoms with Crippen LogP contribution in [0, 0.1) is 5.82 Å². The van der Waals surface area contributed by atoms with E-state index in [1.54, 1.807) is 48.5 Å². The van der Waals surface area contributed by atoms with Crippen molar-refractivity contribution in [2.24, 2.45) is 0 Å². The van der Waals surface area contributed by atoms with Gasteiger partial charge in [-0.15, -0.1) is 0 Å². The normalized spacial score (nSPS) is 18.1. The third kappa shape index (κ3) is 3.70. The number of hydrogen-bond acceptors (Lipinski definition) is 3. The molecule has 1 saturated heterocycles. The summed E-state index contributed by atoms with van der Waals surface area (Å²) in [6.45, 7) is 0. The van der Waals surface area contributed by atoms with Crippen LogP contribution < -0.4 is 4.90 Å². The van der Waals surface area contributed by atoms with Crippen LogP contribution in [0.15, 0.2) is 87.3 Å². The maximum atomic E-state index is 13.5. The minimum atomic E-state index is -0.893. The van der Waals surface area contributed by atoms with Crippen LogP contribution in [0.2, 0.25) is 0 Å². The van der Waals surface area contributed by atoms with Gasteiger partial charge in [0.05, 0.1) is 11.6 Å². The number of halogens is 3. The van der Waals surface area contributed by atoms with Crippen LogP contribution in [0.3, 0.4) is 0 Å². The van der Waals surface area contributed by atoms with Gasteiger partial charge in [-0.1, -0.05) is 56.1 Å². The summed E-state index contributed by atoms with van der Waals surface area (Å²) in [6.07, 6.45) is 0. The highest BCUT2D eigenvalue weighted by atomic mass is 79.9. The van der Waals surface area contributed by atoms with Crippen molar-refractivity contribution in [2.75, 3.05) is 4.90 Å². The number of benzene rings is 3. The second-order valence-electron chi connectivity index (χ2n) is 6.70. The minimum absolute atomic E-state index is 0.0446. The Balaban J connectivity index is 1.93. The molecular weight excluding hydrogens is 517 g/mol. The molecule has 0 radical (unpaired) electrons. The van der Waals surface area contributed by atoms with E-state index < -0.39 is 23.5 Å². The lowest BCUT2D eigenvalue weighted by Crippen LogP contribution is -2.29. The molecule has 4 nitrogen and oxygen atoms in total. The predicted molar refractivity (Wildman–Crippen MR) is 119 cm³/mol. The van der Waals surface area contributed by atoms with Gasteiger partial charge in [-0.25, -0.2) is 4.39 Å². The zero-order valence-corrected chi connectivity index (χ0v) is 18.5. The molecule has 0 aliphatic carbocycles. The molecule has 1 N–H and O–H groups in total. The van der Waals surface area contributed by atoms with Gasteiger partial charge in [0.2, 0.25) is 0 Å². The van der Waals surface area contributed by atoms with Crippen molar-refractivity contribution in [3.8, 4) is 0 Å². The van der Waals surface area contributed by atoms with Gasteiger partial charge < -0.3 is 5.11 Å². The molecule has 1 amide bonds. The Morgan fingerprint density at radius 3 is 1.93 bits per heavy atom. The first-order valence-electron chi connectivity index (χ1n) is 8.95. The Kier molecular flexibility index (Phi) is 5.58. The lowest BCUT2D eigenvalue weighted by molar-refractivity contribution is -0.132. The molecular formula is C23H14Br2FNO3. The summed E-state index contributed by atoms with van der Waals surface area (Å²) in [5.41, 5.74) is 1.36. The molecule has 0 aromatic heterocycles. The number of amides is 1. The second kappa shape index (κ2) is 8.16. The van der Waals surface area contributed by atoms with Gasteiger partial charge >= 0.3 is 0 Å². The number of rotatable bonds is 3. The summed E-state index contributed by atoms with van der Waals surface area (Å²) in [6, 6.07) is 18.3. The average Bonchev–Trinajstić information content (AvgIpc) is 3.00. The minimum Gasteiger partial charge on any atom is -0.507 e. The highest BCUT2D eigenvalue weighted by molar-refractivity contribution is 9.10. The van der Waals surface area contributed by atoms with Crippen molar-refractivity contribution >= 4 is 55.0 Å². The van der Waals surface area contributed by atoms with Crippen LogP contribution in [0.5, 0.6) is 0 Å². The second-order valence-corrected chi connectivity index (χ2v) is 8.54. The van der Waals surface area contributed by atoms with Gasteiger partial charge in [-0.3, -0.25) is 14.5 Å². The summed E-state index contributed by atoms with van der Waals surface area (Å²) < 4.78 is 15.2. The van der Waals surface area contributed by atoms with Crippen LogP contribution >= 0.6 is 31.9 Å². The number of aliphatic hydroxyl groups is 1. The number of carbonyl (C=O) groups is 2. The third-order valence-electron chi connectivity index (χ3n) is 4.85. The molecule has 1 fully saturated rings. The van der Waals surface area contributed by atoms with Crippen molar-refractivity contribution < 1.29 is 19.1 Å². The van der Waals surface area contributed by atoms with Gasteiger partial charge in [0.25, 0.3) is 11.7 Å². The molecule has 3 aromatic carbocycles. The van der Waals surface area contributed by atoms with E-state index >= 15 is 0 Å². The summed E-state index contributed by atoms with van der Waals surface area (Å²) >= 11 is 6.69. The maximum absolute atomic E-state index is 13.5. The summed E-state index contributed by atoms with van der Waals surface area (Å²) in [4.78, 5) is 27.3. The molecule has 0 unspecified atom stereocenters. The highest BCUT2D eigenvalue weighted by Crippen LogP contribution is 2.42. The molecule has 0 bridgehead atoms. The van der Waals surface area contributed by atoms with Crippen LogP contribution in [0.4, 0.5) is 10.1 Å². The highest BCUT2D eigenvalue weighted by Gasteiger charge is 2.46. The molecule has 1 heterocycles. The zero-order valence-electron chi connectivity index (χ0n) is 15.4. The molecule has 150 valence electrons. The fraction of sp³-hybridized carbons (Fsp3) is 0.0435. The molecule has 7 heteroatoms. The number of Topliss-reactive ketones (excluding diaryl/α,β-unsaturated/α-hetero) is 1. The van der Waals surface area contributed by atoms with Crippen molar-refractivity contribution in [3.05, 3.63) is 104 Å². The first-order chi connectivity index (χ1) is 14.4. The number of aliphatic hydroxyl groups excluding tert-OH is 1. The van der Waals surface area contributed by atoms with Gasteiger partial charge in [0.1, 0.15) is 11.6 Å². The van der Waals surface area contributed by atoms with Crippen molar-refractivity contribution in [3.63, 3.8) is 0 Å². The van der Waals surface area contributed by atoms with Gasteiger partial charge in [-0.2, -0.15) is 0 Å². The van der Waals surface area contributed by atoms with E-state index in [1.807, 2.05) is 0 Å². The van der Waals surface area contributed by atoms with Crippen molar-refractivity contribution in [1.82, 2.24) is 0 Å². The summed E-state index contributed by atoms with van der Waals surface area (Å²) in [5, 5.41) is 11.0. The Labute approximate surface area is 188 Å². The molecule has 1 aliphatic heterocycles. The van der Waals surface area contributed by atoms with E-state index in [9.17, 15) is 19.1 Å². The van der Waals surface area contributed by atoms with E-state index in [4.69, 9.17) is 0 Å². The molecule has 4 rings (SSSR count). The molecule has 3 aromatic rings. The topological polar surface area (TPSA) is 57.6 Å². The maximum Gasteiger partial charge on any atom is 0.300 e. The first kappa shape index (κ1) is 20.5. The number of anilines is 1. The predicted octanol–water partition coefficient (Wildman–Crippen LogP) is 5.98. The van der Waals surface area contributed by atoms with Gasteiger partial charge in [-0.05, 0) is 54.1 Å². The van der Waals surface area contributed by atoms with E-state index in [0.717, 1.165) is 8.95 Å². The number of carbonyl (C=O) groups excluding carboxylic acids is 2. The van der Waals surface area contributed by atoms with E-state index in [2.05, 4.69) is 31.9 Å². The Hall–Kier alpha value is -2.77. The lowest BCUT2D eigenvalue weighted by atomic mass is 9.95. The fourth-order valence-electron chi connectivity index (χ4n) is 3.42. The third-order valence-corrected chi connectivity index (χ3v) is 5.91. The van der Waals surface area contributed by atoms with Crippen LogP contribution in [-0.2, 0) is 9.59 Å². The van der Waals surface area contributed by atoms with Gasteiger partial charge in [0.15, 0.2) is 0 Å².